The molecule has 2 saturated carbocycles. The van der Waals surface area contributed by atoms with Gasteiger partial charge in [-0.3, -0.25) is 19.4 Å². The maximum absolute atomic E-state index is 15.4. The summed E-state index contributed by atoms with van der Waals surface area (Å²) in [5.74, 6) is -1.25. The summed E-state index contributed by atoms with van der Waals surface area (Å²) < 4.78 is 47.8. The maximum atomic E-state index is 15.4. The summed E-state index contributed by atoms with van der Waals surface area (Å²) in [4.78, 5) is 30.9. The predicted molar refractivity (Wildman–Crippen MR) is 137 cm³/mol. The molecule has 2 aliphatic carbocycles. The van der Waals surface area contributed by atoms with Crippen LogP contribution in [-0.4, -0.2) is 42.8 Å². The number of carbonyl (C=O) groups is 2. The third-order valence-electron chi connectivity index (χ3n) is 7.17. The Kier molecular flexibility index (Phi) is 5.58. The van der Waals surface area contributed by atoms with Gasteiger partial charge in [0.15, 0.2) is 0 Å². The van der Waals surface area contributed by atoms with Crippen molar-refractivity contribution in [2.75, 3.05) is 5.32 Å². The Labute approximate surface area is 221 Å². The van der Waals surface area contributed by atoms with E-state index in [0.717, 1.165) is 25.7 Å². The summed E-state index contributed by atoms with van der Waals surface area (Å²) in [6, 6.07) is 3.52. The first kappa shape index (κ1) is 20.5. The van der Waals surface area contributed by atoms with Gasteiger partial charge in [0.1, 0.15) is 17.6 Å². The summed E-state index contributed by atoms with van der Waals surface area (Å²) in [5, 5.41) is 16.4. The van der Waals surface area contributed by atoms with E-state index in [1.54, 1.807) is 23.9 Å². The molecule has 196 valence electrons. The Hall–Kier alpha value is -3.56. The number of halogens is 1. The smallest absolute Gasteiger partial charge is 0.270 e. The van der Waals surface area contributed by atoms with E-state index in [9.17, 15) is 9.59 Å². The lowest BCUT2D eigenvalue weighted by atomic mass is 9.88. The third-order valence-corrected chi connectivity index (χ3v) is 7.17. The molecule has 0 saturated heterocycles. The molecule has 0 bridgehead atoms. The molecular weight excluding hydrogens is 473 g/mol. The molecule has 0 aromatic carbocycles. The van der Waals surface area contributed by atoms with Gasteiger partial charge in [0.25, 0.3) is 5.91 Å². The number of H-pyrrole nitrogens is 1. The van der Waals surface area contributed by atoms with Crippen molar-refractivity contribution in [2.45, 2.75) is 71.8 Å². The SMILES string of the molecule is [2H]C(c1[nH]nc(C)c1-c1ccc(NC(=O)[C@@H](NC(=O)c2ccnn2C(C)C)C(C2CC2)C2CC2)nc1F)C([2H])([2H])[2H]. The van der Waals surface area contributed by atoms with Crippen molar-refractivity contribution >= 4 is 17.6 Å². The lowest BCUT2D eigenvalue weighted by Crippen LogP contribution is -2.50. The molecule has 3 N–H and O–H groups in total. The second kappa shape index (κ2) is 10.1. The van der Waals surface area contributed by atoms with Crippen LogP contribution in [0, 0.1) is 30.6 Å². The first-order valence-electron chi connectivity index (χ1n) is 14.7. The lowest BCUT2D eigenvalue weighted by Gasteiger charge is -2.27. The third kappa shape index (κ3) is 5.14. The molecule has 2 aliphatic rings. The molecule has 3 aromatic rings. The van der Waals surface area contributed by atoms with Crippen LogP contribution in [0.25, 0.3) is 11.1 Å². The quantitative estimate of drug-likeness (QED) is 0.348. The van der Waals surface area contributed by atoms with Gasteiger partial charge in [0.05, 0.1) is 5.69 Å². The van der Waals surface area contributed by atoms with E-state index in [-0.39, 0.29) is 34.6 Å². The number of aryl methyl sites for hydroxylation is 2. The fourth-order valence-corrected chi connectivity index (χ4v) is 5.14. The summed E-state index contributed by atoms with van der Waals surface area (Å²) in [7, 11) is 0. The van der Waals surface area contributed by atoms with Gasteiger partial charge in [-0.1, -0.05) is 6.85 Å². The monoisotopic (exact) mass is 511 g/mol. The van der Waals surface area contributed by atoms with Crippen LogP contribution in [0.2, 0.25) is 0 Å². The number of nitrogens with zero attached hydrogens (tertiary/aromatic N) is 4. The fourth-order valence-electron chi connectivity index (χ4n) is 5.14. The topological polar surface area (TPSA) is 118 Å². The Balaban J connectivity index is 1.40. The number of amides is 2. The fraction of sp³-hybridized carbons (Fsp3) is 0.519. The van der Waals surface area contributed by atoms with Gasteiger partial charge in [0, 0.05) is 34.5 Å². The van der Waals surface area contributed by atoms with E-state index in [0.29, 0.717) is 23.2 Å². The van der Waals surface area contributed by atoms with Crippen molar-refractivity contribution in [3.05, 3.63) is 47.4 Å². The largest absolute Gasteiger partial charge is 0.339 e. The van der Waals surface area contributed by atoms with Crippen LogP contribution in [0.1, 0.15) is 79.8 Å². The zero-order valence-electron chi connectivity index (χ0n) is 25.1. The molecular formula is C27H34FN7O2. The van der Waals surface area contributed by atoms with Gasteiger partial charge >= 0.3 is 0 Å². The molecule has 2 fully saturated rings. The highest BCUT2D eigenvalue weighted by molar-refractivity contribution is 6.00. The van der Waals surface area contributed by atoms with Crippen molar-refractivity contribution in [1.82, 2.24) is 30.3 Å². The Morgan fingerprint density at radius 2 is 1.97 bits per heavy atom. The second-order valence-electron chi connectivity index (χ2n) is 10.2. The van der Waals surface area contributed by atoms with Gasteiger partial charge in [-0.25, -0.2) is 4.98 Å². The van der Waals surface area contributed by atoms with E-state index in [2.05, 4.69) is 30.9 Å². The number of hydrogen-bond donors (Lipinski definition) is 3. The Morgan fingerprint density at radius 1 is 1.24 bits per heavy atom. The van der Waals surface area contributed by atoms with Crippen LogP contribution in [0.3, 0.4) is 0 Å². The summed E-state index contributed by atoms with van der Waals surface area (Å²) in [6.45, 7) is 2.76. The van der Waals surface area contributed by atoms with Crippen molar-refractivity contribution in [1.29, 1.82) is 0 Å². The lowest BCUT2D eigenvalue weighted by molar-refractivity contribution is -0.119. The van der Waals surface area contributed by atoms with Crippen molar-refractivity contribution in [3.8, 4) is 11.1 Å². The molecule has 0 radical (unpaired) electrons. The van der Waals surface area contributed by atoms with Crippen molar-refractivity contribution < 1.29 is 19.5 Å². The van der Waals surface area contributed by atoms with Crippen LogP contribution in [0.5, 0.6) is 0 Å². The molecule has 2 amide bonds. The molecule has 10 heteroatoms. The molecule has 2 atom stereocenters. The highest BCUT2D eigenvalue weighted by Gasteiger charge is 2.48. The van der Waals surface area contributed by atoms with Crippen LogP contribution >= 0.6 is 0 Å². The van der Waals surface area contributed by atoms with E-state index in [4.69, 9.17) is 5.48 Å². The van der Waals surface area contributed by atoms with Gasteiger partial charge in [0.2, 0.25) is 11.9 Å². The Morgan fingerprint density at radius 3 is 2.59 bits per heavy atom. The second-order valence-corrected chi connectivity index (χ2v) is 10.2. The molecule has 3 aromatic heterocycles. The maximum Gasteiger partial charge on any atom is 0.270 e. The summed E-state index contributed by atoms with van der Waals surface area (Å²) in [5.41, 5.74) is 0.747. The molecule has 9 nitrogen and oxygen atoms in total. The zero-order valence-corrected chi connectivity index (χ0v) is 21.1. The number of aromatic nitrogens is 5. The average molecular weight is 512 g/mol. The van der Waals surface area contributed by atoms with Gasteiger partial charge in [-0.2, -0.15) is 14.6 Å². The summed E-state index contributed by atoms with van der Waals surface area (Å²) >= 11 is 0. The molecule has 1 unspecified atom stereocenters. The number of aromatic amines is 1. The van der Waals surface area contributed by atoms with Gasteiger partial charge < -0.3 is 10.6 Å². The van der Waals surface area contributed by atoms with E-state index >= 15 is 4.39 Å². The van der Waals surface area contributed by atoms with E-state index in [1.807, 2.05) is 13.8 Å². The highest BCUT2D eigenvalue weighted by atomic mass is 19.1. The number of carbonyl (C=O) groups excluding carboxylic acids is 2. The predicted octanol–water partition coefficient (Wildman–Crippen LogP) is 4.43. The van der Waals surface area contributed by atoms with Crippen molar-refractivity contribution in [2.24, 2.45) is 17.8 Å². The first-order valence-corrected chi connectivity index (χ1v) is 12.7. The molecule has 0 spiro atoms. The Bertz CT molecular complexity index is 1430. The van der Waals surface area contributed by atoms with Crippen LogP contribution in [0.4, 0.5) is 10.2 Å². The highest BCUT2D eigenvalue weighted by Crippen LogP contribution is 2.51. The standard InChI is InChI=1S/C27H34FN7O2/c1-5-19-22(15(4)33-34-19)18-10-11-21(30-25(18)28)31-27(37)24(23(16-6-7-16)17-8-9-17)32-26(36)20-12-13-29-35(20)14(2)3/h10-14,16-17,23-24H,5-9H2,1-4H3,(H,32,36)(H,33,34)(H,30,31,37)/t24-/m0/s1/i1D3,5D/t5?,24-. The number of hydrogen-bond acceptors (Lipinski definition) is 5. The van der Waals surface area contributed by atoms with Crippen LogP contribution in [-0.2, 0) is 11.2 Å². The number of pyridine rings is 1. The van der Waals surface area contributed by atoms with Crippen LogP contribution < -0.4 is 10.6 Å². The summed E-state index contributed by atoms with van der Waals surface area (Å²) in [6.07, 6.45) is 3.86. The molecule has 5 rings (SSSR count). The molecule has 3 heterocycles. The first-order chi connectivity index (χ1) is 19.4. The molecule has 0 aliphatic heterocycles. The van der Waals surface area contributed by atoms with E-state index in [1.165, 1.54) is 12.1 Å². The van der Waals surface area contributed by atoms with Crippen LogP contribution in [0.15, 0.2) is 24.4 Å². The van der Waals surface area contributed by atoms with Gasteiger partial charge in [-0.15, -0.1) is 0 Å². The van der Waals surface area contributed by atoms with Crippen molar-refractivity contribution in [3.63, 3.8) is 0 Å². The van der Waals surface area contributed by atoms with Gasteiger partial charge in [-0.05, 0) is 88.8 Å². The average Bonchev–Trinajstić information content (AvgIpc) is 3.83. The minimum absolute atomic E-state index is 0.0358. The minimum atomic E-state index is -2.64. The number of rotatable bonds is 10. The van der Waals surface area contributed by atoms with E-state index < -0.39 is 37.1 Å². The number of anilines is 1. The number of nitrogens with one attached hydrogen (secondary N) is 3. The normalized spacial score (nSPS) is 19.1. The minimum Gasteiger partial charge on any atom is -0.339 e. The molecule has 37 heavy (non-hydrogen) atoms. The zero-order chi connectivity index (χ0) is 29.6.